The molecule has 0 radical (unpaired) electrons. The van der Waals surface area contributed by atoms with E-state index < -0.39 is 0 Å². The Kier molecular flexibility index (Phi) is 2.37. The van der Waals surface area contributed by atoms with Gasteiger partial charge in [0.1, 0.15) is 0 Å². The van der Waals surface area contributed by atoms with Crippen LogP contribution in [0, 0.1) is 5.92 Å². The van der Waals surface area contributed by atoms with Crippen LogP contribution in [0.25, 0.3) is 0 Å². The van der Waals surface area contributed by atoms with E-state index in [9.17, 15) is 0 Å². The topological polar surface area (TPSA) is 24.9 Å². The Bertz CT molecular complexity index is 227. The van der Waals surface area contributed by atoms with E-state index in [2.05, 4.69) is 16.4 Å². The lowest BCUT2D eigenvalue weighted by Gasteiger charge is -2.06. The van der Waals surface area contributed by atoms with E-state index in [0.29, 0.717) is 0 Å². The van der Waals surface area contributed by atoms with Crippen LogP contribution in [0.4, 0.5) is 0 Å². The number of nitrogens with zero attached hydrogens (tertiary/aromatic N) is 1. The monoisotopic (exact) mass is 162 g/mol. The quantitative estimate of drug-likeness (QED) is 0.707. The number of rotatable bonds is 2. The summed E-state index contributed by atoms with van der Waals surface area (Å²) in [5.41, 5.74) is 1.37. The first-order chi connectivity index (χ1) is 5.95. The summed E-state index contributed by atoms with van der Waals surface area (Å²) in [6, 6.07) is 4.17. The first-order valence-corrected chi connectivity index (χ1v) is 4.55. The molecule has 12 heavy (non-hydrogen) atoms. The largest absolute Gasteiger partial charge is 0.316 e. The summed E-state index contributed by atoms with van der Waals surface area (Å²) in [7, 11) is 0. The van der Waals surface area contributed by atoms with Crippen LogP contribution in [0.2, 0.25) is 0 Å². The minimum atomic E-state index is 0.828. The van der Waals surface area contributed by atoms with Crippen molar-refractivity contribution >= 4 is 0 Å². The highest BCUT2D eigenvalue weighted by molar-refractivity contribution is 5.09. The maximum absolute atomic E-state index is 4.11. The molecular formula is C10H14N2. The first kappa shape index (κ1) is 7.74. The number of pyridine rings is 1. The average Bonchev–Trinajstić information content (AvgIpc) is 2.59. The Morgan fingerprint density at radius 3 is 3.25 bits per heavy atom. The second-order valence-corrected chi connectivity index (χ2v) is 3.42. The van der Waals surface area contributed by atoms with Gasteiger partial charge in [-0.05, 0) is 43.5 Å². The van der Waals surface area contributed by atoms with E-state index in [0.717, 1.165) is 5.92 Å². The van der Waals surface area contributed by atoms with Crippen molar-refractivity contribution in [2.45, 2.75) is 12.8 Å². The predicted octanol–water partition coefficient (Wildman–Crippen LogP) is 1.23. The van der Waals surface area contributed by atoms with Crippen LogP contribution in [-0.4, -0.2) is 18.1 Å². The van der Waals surface area contributed by atoms with Crippen LogP contribution in [0.15, 0.2) is 24.5 Å². The van der Waals surface area contributed by atoms with Crippen LogP contribution in [-0.2, 0) is 6.42 Å². The Hall–Kier alpha value is -0.890. The van der Waals surface area contributed by atoms with Gasteiger partial charge in [-0.3, -0.25) is 4.98 Å². The minimum absolute atomic E-state index is 0.828. The van der Waals surface area contributed by atoms with E-state index in [-0.39, 0.29) is 0 Å². The summed E-state index contributed by atoms with van der Waals surface area (Å²) in [5, 5.41) is 3.37. The molecule has 1 aliphatic rings. The fourth-order valence-electron chi connectivity index (χ4n) is 1.74. The summed E-state index contributed by atoms with van der Waals surface area (Å²) in [5.74, 6) is 0.828. The number of hydrogen-bond donors (Lipinski definition) is 1. The third-order valence-corrected chi connectivity index (χ3v) is 2.41. The molecule has 1 atom stereocenters. The maximum atomic E-state index is 4.11. The van der Waals surface area contributed by atoms with Crippen molar-refractivity contribution in [1.82, 2.24) is 10.3 Å². The lowest BCUT2D eigenvalue weighted by Crippen LogP contribution is -2.10. The standard InChI is InChI=1S/C10H14N2/c1-2-9(7-11-4-1)6-10-3-5-12-8-10/h1-2,4,7,10,12H,3,5-6,8H2/t10-/m0/s1. The Morgan fingerprint density at radius 2 is 2.58 bits per heavy atom. The average molecular weight is 162 g/mol. The van der Waals surface area contributed by atoms with Crippen molar-refractivity contribution in [2.75, 3.05) is 13.1 Å². The molecule has 0 spiro atoms. The molecule has 1 saturated heterocycles. The Labute approximate surface area is 73.0 Å². The zero-order valence-electron chi connectivity index (χ0n) is 7.16. The van der Waals surface area contributed by atoms with Crippen molar-refractivity contribution in [3.8, 4) is 0 Å². The third kappa shape index (κ3) is 1.83. The minimum Gasteiger partial charge on any atom is -0.316 e. The van der Waals surface area contributed by atoms with Crippen LogP contribution >= 0.6 is 0 Å². The van der Waals surface area contributed by atoms with Gasteiger partial charge in [0.15, 0.2) is 0 Å². The molecule has 2 nitrogen and oxygen atoms in total. The van der Waals surface area contributed by atoms with Crippen LogP contribution in [0.1, 0.15) is 12.0 Å². The molecule has 1 aliphatic heterocycles. The smallest absolute Gasteiger partial charge is 0.0299 e. The molecule has 2 rings (SSSR count). The molecule has 1 fully saturated rings. The van der Waals surface area contributed by atoms with E-state index in [1.807, 2.05) is 18.5 Å². The second-order valence-electron chi connectivity index (χ2n) is 3.42. The lowest BCUT2D eigenvalue weighted by molar-refractivity contribution is 0.579. The van der Waals surface area contributed by atoms with Crippen molar-refractivity contribution in [3.63, 3.8) is 0 Å². The molecule has 0 aliphatic carbocycles. The van der Waals surface area contributed by atoms with Crippen molar-refractivity contribution < 1.29 is 0 Å². The highest BCUT2D eigenvalue weighted by Gasteiger charge is 2.14. The molecule has 0 saturated carbocycles. The van der Waals surface area contributed by atoms with Crippen molar-refractivity contribution in [1.29, 1.82) is 0 Å². The van der Waals surface area contributed by atoms with E-state index in [1.165, 1.54) is 31.5 Å². The molecule has 0 bridgehead atoms. The lowest BCUT2D eigenvalue weighted by atomic mass is 10.0. The molecule has 2 heteroatoms. The van der Waals surface area contributed by atoms with Gasteiger partial charge in [-0.15, -0.1) is 0 Å². The predicted molar refractivity (Wildman–Crippen MR) is 48.9 cm³/mol. The van der Waals surface area contributed by atoms with Gasteiger partial charge < -0.3 is 5.32 Å². The SMILES string of the molecule is c1cncc(C[C@@H]2CCNC2)c1. The van der Waals surface area contributed by atoms with Gasteiger partial charge in [0, 0.05) is 12.4 Å². The van der Waals surface area contributed by atoms with Gasteiger partial charge in [-0.2, -0.15) is 0 Å². The molecule has 2 heterocycles. The van der Waals surface area contributed by atoms with E-state index >= 15 is 0 Å². The molecule has 0 aromatic carbocycles. The van der Waals surface area contributed by atoms with Gasteiger partial charge in [0.2, 0.25) is 0 Å². The molecule has 0 amide bonds. The maximum Gasteiger partial charge on any atom is 0.0299 e. The molecular weight excluding hydrogens is 148 g/mol. The molecule has 0 unspecified atom stereocenters. The van der Waals surface area contributed by atoms with Gasteiger partial charge in [0.05, 0.1) is 0 Å². The summed E-state index contributed by atoms with van der Waals surface area (Å²) in [4.78, 5) is 4.11. The summed E-state index contributed by atoms with van der Waals surface area (Å²) in [6.07, 6.45) is 6.30. The van der Waals surface area contributed by atoms with Crippen LogP contribution in [0.3, 0.4) is 0 Å². The van der Waals surface area contributed by atoms with Crippen molar-refractivity contribution in [2.24, 2.45) is 5.92 Å². The number of aromatic nitrogens is 1. The van der Waals surface area contributed by atoms with Gasteiger partial charge in [0.25, 0.3) is 0 Å². The van der Waals surface area contributed by atoms with E-state index in [1.54, 1.807) is 0 Å². The third-order valence-electron chi connectivity index (χ3n) is 2.41. The fourth-order valence-corrected chi connectivity index (χ4v) is 1.74. The Morgan fingerprint density at radius 1 is 1.58 bits per heavy atom. The summed E-state index contributed by atoms with van der Waals surface area (Å²) in [6.45, 7) is 2.36. The highest BCUT2D eigenvalue weighted by Crippen LogP contribution is 2.13. The van der Waals surface area contributed by atoms with Crippen LogP contribution in [0.5, 0.6) is 0 Å². The number of hydrogen-bond acceptors (Lipinski definition) is 2. The van der Waals surface area contributed by atoms with Gasteiger partial charge >= 0.3 is 0 Å². The second kappa shape index (κ2) is 3.68. The zero-order chi connectivity index (χ0) is 8.23. The Balaban J connectivity index is 1.94. The normalized spacial score (nSPS) is 22.8. The first-order valence-electron chi connectivity index (χ1n) is 4.55. The summed E-state index contributed by atoms with van der Waals surface area (Å²) >= 11 is 0. The van der Waals surface area contributed by atoms with Gasteiger partial charge in [-0.25, -0.2) is 0 Å². The number of nitrogens with one attached hydrogen (secondary N) is 1. The van der Waals surface area contributed by atoms with E-state index in [4.69, 9.17) is 0 Å². The summed E-state index contributed by atoms with van der Waals surface area (Å²) < 4.78 is 0. The highest BCUT2D eigenvalue weighted by atomic mass is 14.9. The molecule has 1 aromatic rings. The van der Waals surface area contributed by atoms with Crippen molar-refractivity contribution in [3.05, 3.63) is 30.1 Å². The molecule has 1 N–H and O–H groups in total. The molecule has 1 aromatic heterocycles. The molecule has 64 valence electrons. The van der Waals surface area contributed by atoms with Crippen LogP contribution < -0.4 is 5.32 Å². The van der Waals surface area contributed by atoms with Gasteiger partial charge in [-0.1, -0.05) is 6.07 Å². The fraction of sp³-hybridized carbons (Fsp3) is 0.500. The zero-order valence-corrected chi connectivity index (χ0v) is 7.16.